The fourth-order valence-corrected chi connectivity index (χ4v) is 4.45. The second kappa shape index (κ2) is 7.20. The molecule has 2 aliphatic rings. The molecule has 0 spiro atoms. The van der Waals surface area contributed by atoms with Crippen molar-refractivity contribution in [3.63, 3.8) is 0 Å². The van der Waals surface area contributed by atoms with Gasteiger partial charge in [0.1, 0.15) is 0 Å². The van der Waals surface area contributed by atoms with Gasteiger partial charge in [0.15, 0.2) is 0 Å². The number of hydrogen-bond acceptors (Lipinski definition) is 3. The van der Waals surface area contributed by atoms with Crippen LogP contribution in [-0.2, 0) is 11.2 Å². The Morgan fingerprint density at radius 3 is 2.85 bits per heavy atom. The first-order valence-corrected chi connectivity index (χ1v) is 9.68. The highest BCUT2D eigenvalue weighted by Crippen LogP contribution is 2.37. The predicted octanol–water partition coefficient (Wildman–Crippen LogP) is 3.34. The van der Waals surface area contributed by atoms with Crippen LogP contribution >= 0.6 is 11.6 Å². The van der Waals surface area contributed by atoms with E-state index >= 15 is 0 Å². The van der Waals surface area contributed by atoms with E-state index in [1.165, 1.54) is 11.3 Å². The summed E-state index contributed by atoms with van der Waals surface area (Å²) in [5.41, 5.74) is 3.69. The van der Waals surface area contributed by atoms with Crippen molar-refractivity contribution < 1.29 is 4.79 Å². The summed E-state index contributed by atoms with van der Waals surface area (Å²) in [6, 6.07) is 16.7. The molecule has 2 heterocycles. The zero-order chi connectivity index (χ0) is 18.1. The predicted molar refractivity (Wildman–Crippen MR) is 107 cm³/mol. The summed E-state index contributed by atoms with van der Waals surface area (Å²) in [5, 5.41) is 3.79. The third-order valence-corrected chi connectivity index (χ3v) is 5.72. The lowest BCUT2D eigenvalue weighted by molar-refractivity contribution is -0.125. The standard InChI is InChI=1S/C21H24ClN3O/c1-2-23-21(26)18-12-15-6-3-4-9-19(15)25-11-10-24(14-20(18)25)17-8-5-7-16(22)13-17/h3-9,13,18,20H,2,10-12,14H2,1H3,(H,23,26)/t18-,20-/m1/s1. The zero-order valence-electron chi connectivity index (χ0n) is 15.0. The molecule has 26 heavy (non-hydrogen) atoms. The van der Waals surface area contributed by atoms with E-state index in [1.807, 2.05) is 25.1 Å². The summed E-state index contributed by atoms with van der Waals surface area (Å²) < 4.78 is 0. The van der Waals surface area contributed by atoms with Gasteiger partial charge in [-0.2, -0.15) is 0 Å². The number of nitrogens with one attached hydrogen (secondary N) is 1. The van der Waals surface area contributed by atoms with Gasteiger partial charge >= 0.3 is 0 Å². The van der Waals surface area contributed by atoms with Gasteiger partial charge < -0.3 is 15.1 Å². The van der Waals surface area contributed by atoms with Crippen molar-refractivity contribution in [3.8, 4) is 0 Å². The van der Waals surface area contributed by atoms with Crippen molar-refractivity contribution in [1.29, 1.82) is 0 Å². The third-order valence-electron chi connectivity index (χ3n) is 5.49. The van der Waals surface area contributed by atoms with Gasteiger partial charge in [-0.15, -0.1) is 0 Å². The molecule has 2 aromatic carbocycles. The molecule has 5 heteroatoms. The van der Waals surface area contributed by atoms with Crippen LogP contribution in [0.25, 0.3) is 0 Å². The highest BCUT2D eigenvalue weighted by molar-refractivity contribution is 6.30. The van der Waals surface area contributed by atoms with Gasteiger partial charge in [0, 0.05) is 42.6 Å². The average molecular weight is 370 g/mol. The monoisotopic (exact) mass is 369 g/mol. The maximum Gasteiger partial charge on any atom is 0.225 e. The van der Waals surface area contributed by atoms with E-state index in [4.69, 9.17) is 11.6 Å². The van der Waals surface area contributed by atoms with E-state index in [1.54, 1.807) is 0 Å². The highest BCUT2D eigenvalue weighted by atomic mass is 35.5. The Balaban J connectivity index is 1.66. The fraction of sp³-hybridized carbons (Fsp3) is 0.381. The van der Waals surface area contributed by atoms with Gasteiger partial charge in [-0.05, 0) is 43.2 Å². The Morgan fingerprint density at radius 2 is 2.04 bits per heavy atom. The number of rotatable bonds is 3. The van der Waals surface area contributed by atoms with Crippen LogP contribution in [0.5, 0.6) is 0 Å². The van der Waals surface area contributed by atoms with Gasteiger partial charge in [0.05, 0.1) is 12.0 Å². The van der Waals surface area contributed by atoms with E-state index in [0.29, 0.717) is 6.54 Å². The topological polar surface area (TPSA) is 35.6 Å². The maximum atomic E-state index is 12.8. The number of fused-ring (bicyclic) bond motifs is 3. The highest BCUT2D eigenvalue weighted by Gasteiger charge is 2.41. The maximum absolute atomic E-state index is 12.8. The van der Waals surface area contributed by atoms with Crippen LogP contribution in [0, 0.1) is 5.92 Å². The number of benzene rings is 2. The molecule has 136 valence electrons. The molecule has 0 radical (unpaired) electrons. The van der Waals surface area contributed by atoms with Crippen LogP contribution in [0.3, 0.4) is 0 Å². The lowest BCUT2D eigenvalue weighted by atomic mass is 9.83. The second-order valence-corrected chi connectivity index (χ2v) is 7.46. The minimum absolute atomic E-state index is 0.0353. The minimum atomic E-state index is -0.0353. The lowest BCUT2D eigenvalue weighted by Gasteiger charge is -2.49. The fourth-order valence-electron chi connectivity index (χ4n) is 4.27. The van der Waals surface area contributed by atoms with Gasteiger partial charge in [-0.25, -0.2) is 0 Å². The van der Waals surface area contributed by atoms with Gasteiger partial charge in [0.25, 0.3) is 0 Å². The summed E-state index contributed by atoms with van der Waals surface area (Å²) in [7, 11) is 0. The van der Waals surface area contributed by atoms with Crippen molar-refractivity contribution in [3.05, 3.63) is 59.1 Å². The third kappa shape index (κ3) is 3.14. The molecular weight excluding hydrogens is 346 g/mol. The average Bonchev–Trinajstić information content (AvgIpc) is 2.67. The minimum Gasteiger partial charge on any atom is -0.368 e. The van der Waals surface area contributed by atoms with Crippen molar-refractivity contribution in [2.24, 2.45) is 5.92 Å². The molecule has 1 fully saturated rings. The van der Waals surface area contributed by atoms with E-state index in [-0.39, 0.29) is 17.9 Å². The molecule has 0 unspecified atom stereocenters. The van der Waals surface area contributed by atoms with Crippen LogP contribution in [0.1, 0.15) is 12.5 Å². The smallest absolute Gasteiger partial charge is 0.225 e. The van der Waals surface area contributed by atoms with E-state index in [9.17, 15) is 4.79 Å². The van der Waals surface area contributed by atoms with E-state index in [0.717, 1.165) is 36.8 Å². The Bertz CT molecular complexity index is 809. The molecular formula is C21H24ClN3O. The Labute approximate surface area is 159 Å². The molecule has 0 aliphatic carbocycles. The van der Waals surface area contributed by atoms with Crippen LogP contribution in [0.15, 0.2) is 48.5 Å². The quantitative estimate of drug-likeness (QED) is 0.901. The molecule has 0 aromatic heterocycles. The van der Waals surface area contributed by atoms with E-state index in [2.05, 4.69) is 45.4 Å². The summed E-state index contributed by atoms with van der Waals surface area (Å²) in [6.45, 7) is 5.31. The number of amides is 1. The lowest BCUT2D eigenvalue weighted by Crippen LogP contribution is -2.61. The normalized spacial score (nSPS) is 21.8. The number of para-hydroxylation sites is 1. The largest absolute Gasteiger partial charge is 0.368 e. The Kier molecular flexibility index (Phi) is 4.77. The number of piperazine rings is 1. The number of anilines is 2. The Morgan fingerprint density at radius 1 is 1.19 bits per heavy atom. The van der Waals surface area contributed by atoms with Gasteiger partial charge in [0.2, 0.25) is 5.91 Å². The van der Waals surface area contributed by atoms with Gasteiger partial charge in [-0.3, -0.25) is 4.79 Å². The molecule has 2 aliphatic heterocycles. The first-order valence-electron chi connectivity index (χ1n) is 9.30. The second-order valence-electron chi connectivity index (χ2n) is 7.02. The first-order chi connectivity index (χ1) is 12.7. The SMILES string of the molecule is CCNC(=O)[C@@H]1Cc2ccccc2N2CCN(c3cccc(Cl)c3)C[C@H]12. The van der Waals surface area contributed by atoms with Crippen molar-refractivity contribution >= 4 is 28.9 Å². The number of halogens is 1. The molecule has 1 amide bonds. The molecule has 0 bridgehead atoms. The molecule has 2 atom stereocenters. The number of nitrogens with zero attached hydrogens (tertiary/aromatic N) is 2. The summed E-state index contributed by atoms with van der Waals surface area (Å²) >= 11 is 6.19. The van der Waals surface area contributed by atoms with Crippen LogP contribution in [-0.4, -0.2) is 38.1 Å². The molecule has 1 N–H and O–H groups in total. The first kappa shape index (κ1) is 17.2. The molecule has 4 nitrogen and oxygen atoms in total. The molecule has 2 aromatic rings. The number of carbonyl (C=O) groups excluding carboxylic acids is 1. The Hall–Kier alpha value is -2.20. The molecule has 4 rings (SSSR count). The van der Waals surface area contributed by atoms with Crippen molar-refractivity contribution in [2.75, 3.05) is 36.0 Å². The number of hydrogen-bond donors (Lipinski definition) is 1. The van der Waals surface area contributed by atoms with Crippen LogP contribution in [0.2, 0.25) is 5.02 Å². The zero-order valence-corrected chi connectivity index (χ0v) is 15.7. The molecule has 0 saturated carbocycles. The summed E-state index contributed by atoms with van der Waals surface area (Å²) in [6.07, 6.45) is 0.798. The number of carbonyl (C=O) groups is 1. The van der Waals surface area contributed by atoms with Crippen molar-refractivity contribution in [2.45, 2.75) is 19.4 Å². The van der Waals surface area contributed by atoms with Crippen LogP contribution in [0.4, 0.5) is 11.4 Å². The van der Waals surface area contributed by atoms with Crippen molar-refractivity contribution in [1.82, 2.24) is 5.32 Å². The van der Waals surface area contributed by atoms with Crippen LogP contribution < -0.4 is 15.1 Å². The summed E-state index contributed by atoms with van der Waals surface area (Å²) in [5.74, 6) is 0.122. The van der Waals surface area contributed by atoms with E-state index < -0.39 is 0 Å². The molecule has 1 saturated heterocycles. The van der Waals surface area contributed by atoms with Gasteiger partial charge in [-0.1, -0.05) is 35.9 Å². The summed E-state index contributed by atoms with van der Waals surface area (Å²) in [4.78, 5) is 17.6.